The SMILES string of the molecule is CCc1cc(O)ccc1-c1c(OS)c(OC2CC2)nn(C)c1=O. The minimum Gasteiger partial charge on any atom is -0.508 e. The van der Waals surface area contributed by atoms with Gasteiger partial charge in [-0.1, -0.05) is 13.0 Å². The molecule has 0 amide bonds. The summed E-state index contributed by atoms with van der Waals surface area (Å²) in [6, 6.07) is 4.87. The monoisotopic (exact) mass is 334 g/mol. The number of nitrogens with zero attached hydrogens (tertiary/aromatic N) is 2. The van der Waals surface area contributed by atoms with E-state index in [0.29, 0.717) is 17.5 Å². The largest absolute Gasteiger partial charge is 0.508 e. The second kappa shape index (κ2) is 6.16. The lowest BCUT2D eigenvalue weighted by Gasteiger charge is -2.15. The third-order valence-electron chi connectivity index (χ3n) is 3.80. The van der Waals surface area contributed by atoms with Gasteiger partial charge in [-0.25, -0.2) is 4.68 Å². The average Bonchev–Trinajstić information content (AvgIpc) is 3.34. The summed E-state index contributed by atoms with van der Waals surface area (Å²) in [5.41, 5.74) is 1.54. The highest BCUT2D eigenvalue weighted by atomic mass is 32.1. The number of aromatic hydroxyl groups is 1. The fourth-order valence-corrected chi connectivity index (χ4v) is 2.62. The second-order valence-electron chi connectivity index (χ2n) is 5.54. The number of hydrogen-bond donors (Lipinski definition) is 2. The van der Waals surface area contributed by atoms with Gasteiger partial charge in [0.1, 0.15) is 11.9 Å². The lowest BCUT2D eigenvalue weighted by atomic mass is 9.98. The zero-order valence-corrected chi connectivity index (χ0v) is 13.8. The van der Waals surface area contributed by atoms with Crippen LogP contribution in [0.1, 0.15) is 25.3 Å². The number of thiol groups is 1. The maximum Gasteiger partial charge on any atom is 0.278 e. The summed E-state index contributed by atoms with van der Waals surface area (Å²) in [4.78, 5) is 12.6. The Hall–Kier alpha value is -2.15. The van der Waals surface area contributed by atoms with Crippen LogP contribution < -0.4 is 14.5 Å². The van der Waals surface area contributed by atoms with Crippen molar-refractivity contribution in [3.05, 3.63) is 34.1 Å². The number of phenols is 1. The number of benzene rings is 1. The van der Waals surface area contributed by atoms with Crippen LogP contribution in [0.2, 0.25) is 0 Å². The fourth-order valence-electron chi connectivity index (χ4n) is 2.45. The van der Waals surface area contributed by atoms with E-state index >= 15 is 0 Å². The molecule has 3 rings (SSSR count). The van der Waals surface area contributed by atoms with Crippen LogP contribution in [0.3, 0.4) is 0 Å². The fraction of sp³-hybridized carbons (Fsp3) is 0.375. The molecular formula is C16H18N2O4S. The minimum atomic E-state index is -0.308. The van der Waals surface area contributed by atoms with Crippen molar-refractivity contribution in [1.29, 1.82) is 0 Å². The van der Waals surface area contributed by atoms with Crippen LogP contribution in [0.4, 0.5) is 0 Å². The zero-order valence-electron chi connectivity index (χ0n) is 12.9. The highest BCUT2D eigenvalue weighted by Crippen LogP contribution is 2.39. The molecular weight excluding hydrogens is 316 g/mol. The van der Waals surface area contributed by atoms with Gasteiger partial charge in [-0.3, -0.25) is 4.79 Å². The smallest absolute Gasteiger partial charge is 0.278 e. The van der Waals surface area contributed by atoms with Crippen LogP contribution in [0.25, 0.3) is 11.1 Å². The summed E-state index contributed by atoms with van der Waals surface area (Å²) in [5, 5.41) is 13.8. The van der Waals surface area contributed by atoms with E-state index in [1.54, 1.807) is 19.2 Å². The molecule has 1 aromatic heterocycles. The Morgan fingerprint density at radius 3 is 2.78 bits per heavy atom. The Kier molecular flexibility index (Phi) is 4.21. The standard InChI is InChI=1S/C16H18N2O4S/c1-3-9-8-10(19)4-7-12(9)13-14(22-23)15(21-11-5-6-11)17-18(2)16(13)20/h4,7-8,11,19,23H,3,5-6H2,1-2H3. The molecule has 1 aliphatic carbocycles. The van der Waals surface area contributed by atoms with Gasteiger partial charge in [-0.2, -0.15) is 0 Å². The van der Waals surface area contributed by atoms with Crippen molar-refractivity contribution in [2.45, 2.75) is 32.3 Å². The molecule has 0 spiro atoms. The maximum absolute atomic E-state index is 12.6. The van der Waals surface area contributed by atoms with Gasteiger partial charge in [0, 0.05) is 20.0 Å². The second-order valence-corrected chi connectivity index (χ2v) is 5.72. The van der Waals surface area contributed by atoms with Crippen LogP contribution in [-0.4, -0.2) is 21.0 Å². The topological polar surface area (TPSA) is 73.6 Å². The van der Waals surface area contributed by atoms with Gasteiger partial charge in [0.15, 0.2) is 0 Å². The van der Waals surface area contributed by atoms with Crippen molar-refractivity contribution < 1.29 is 14.0 Å². The van der Waals surface area contributed by atoms with Crippen molar-refractivity contribution in [3.8, 4) is 28.5 Å². The number of hydrogen-bond acceptors (Lipinski definition) is 6. The van der Waals surface area contributed by atoms with Crippen molar-refractivity contribution >= 4 is 12.9 Å². The molecule has 1 fully saturated rings. The van der Waals surface area contributed by atoms with E-state index in [9.17, 15) is 9.90 Å². The third kappa shape index (κ3) is 3.01. The van der Waals surface area contributed by atoms with Crippen molar-refractivity contribution in [1.82, 2.24) is 9.78 Å². The van der Waals surface area contributed by atoms with Gasteiger partial charge in [-0.15, -0.1) is 5.10 Å². The van der Waals surface area contributed by atoms with Gasteiger partial charge >= 0.3 is 0 Å². The predicted octanol–water partition coefficient (Wildman–Crippen LogP) is 2.48. The first-order chi connectivity index (χ1) is 11.0. The Balaban J connectivity index is 2.24. The minimum absolute atomic E-state index is 0.112. The van der Waals surface area contributed by atoms with Gasteiger partial charge < -0.3 is 14.0 Å². The molecule has 1 aliphatic rings. The summed E-state index contributed by atoms with van der Waals surface area (Å²) in [7, 11) is 1.57. The van der Waals surface area contributed by atoms with Crippen LogP contribution >= 0.6 is 12.9 Å². The van der Waals surface area contributed by atoms with Gasteiger partial charge in [-0.05, 0) is 42.5 Å². The third-order valence-corrected chi connectivity index (χ3v) is 3.99. The molecule has 0 bridgehead atoms. The molecule has 23 heavy (non-hydrogen) atoms. The normalized spacial score (nSPS) is 13.9. The number of rotatable bonds is 5. The molecule has 2 aromatic rings. The van der Waals surface area contributed by atoms with Gasteiger partial charge in [0.2, 0.25) is 5.75 Å². The Morgan fingerprint density at radius 2 is 2.17 bits per heavy atom. The Labute approximate surface area is 139 Å². The molecule has 1 aromatic carbocycles. The summed E-state index contributed by atoms with van der Waals surface area (Å²) in [6.45, 7) is 1.95. The Bertz CT molecular complexity index is 799. The molecule has 7 heteroatoms. The number of aryl methyl sites for hydroxylation is 2. The van der Waals surface area contributed by atoms with Gasteiger partial charge in [0.25, 0.3) is 11.4 Å². The van der Waals surface area contributed by atoms with Crippen LogP contribution in [-0.2, 0) is 13.5 Å². The molecule has 0 saturated heterocycles. The Morgan fingerprint density at radius 1 is 1.43 bits per heavy atom. The molecule has 1 saturated carbocycles. The lowest BCUT2D eigenvalue weighted by molar-refractivity contribution is 0.275. The summed E-state index contributed by atoms with van der Waals surface area (Å²) in [5.74, 6) is 0.623. The van der Waals surface area contributed by atoms with E-state index in [-0.39, 0.29) is 29.0 Å². The molecule has 1 N–H and O–H groups in total. The van der Waals surface area contributed by atoms with Gasteiger partial charge in [0.05, 0.1) is 5.56 Å². The summed E-state index contributed by atoms with van der Waals surface area (Å²) in [6.07, 6.45) is 2.69. The molecule has 6 nitrogen and oxygen atoms in total. The predicted molar refractivity (Wildman–Crippen MR) is 89.2 cm³/mol. The van der Waals surface area contributed by atoms with E-state index in [2.05, 4.69) is 18.0 Å². The number of phenolic OH excluding ortho intramolecular Hbond substituents is 1. The van der Waals surface area contributed by atoms with Crippen molar-refractivity contribution in [3.63, 3.8) is 0 Å². The van der Waals surface area contributed by atoms with E-state index in [1.165, 1.54) is 10.7 Å². The van der Waals surface area contributed by atoms with E-state index in [1.807, 2.05) is 6.92 Å². The van der Waals surface area contributed by atoms with Crippen LogP contribution in [0.15, 0.2) is 23.0 Å². The maximum atomic E-state index is 12.6. The molecule has 1 heterocycles. The molecule has 0 aliphatic heterocycles. The molecule has 0 atom stereocenters. The van der Waals surface area contributed by atoms with Crippen LogP contribution in [0, 0.1) is 0 Å². The van der Waals surface area contributed by atoms with E-state index in [4.69, 9.17) is 8.92 Å². The first kappa shape index (κ1) is 15.7. The highest BCUT2D eigenvalue weighted by molar-refractivity contribution is 7.75. The van der Waals surface area contributed by atoms with E-state index < -0.39 is 0 Å². The summed E-state index contributed by atoms with van der Waals surface area (Å²) < 4.78 is 12.1. The van der Waals surface area contributed by atoms with E-state index in [0.717, 1.165) is 18.4 Å². The molecule has 0 radical (unpaired) electrons. The zero-order chi connectivity index (χ0) is 16.6. The number of ether oxygens (including phenoxy) is 1. The first-order valence-electron chi connectivity index (χ1n) is 7.46. The van der Waals surface area contributed by atoms with Crippen LogP contribution in [0.5, 0.6) is 17.4 Å². The molecule has 122 valence electrons. The highest BCUT2D eigenvalue weighted by Gasteiger charge is 2.29. The summed E-state index contributed by atoms with van der Waals surface area (Å²) >= 11 is 3.89. The molecule has 0 unspecified atom stereocenters. The lowest BCUT2D eigenvalue weighted by Crippen LogP contribution is -2.23. The average molecular weight is 334 g/mol. The first-order valence-corrected chi connectivity index (χ1v) is 7.83. The number of aromatic nitrogens is 2. The van der Waals surface area contributed by atoms with Crippen molar-refractivity contribution in [2.75, 3.05) is 0 Å². The van der Waals surface area contributed by atoms with Crippen molar-refractivity contribution in [2.24, 2.45) is 7.05 Å². The quantitative estimate of drug-likeness (QED) is 0.649.